The first-order chi connectivity index (χ1) is 7.70. The van der Waals surface area contributed by atoms with Gasteiger partial charge in [0.1, 0.15) is 5.82 Å². The third-order valence-corrected chi connectivity index (χ3v) is 2.24. The molecule has 0 saturated heterocycles. The average Bonchev–Trinajstić information content (AvgIpc) is 2.67. The predicted octanol–water partition coefficient (Wildman–Crippen LogP) is 1.23. The number of carboxylic acid groups (broad SMARTS) is 1. The van der Waals surface area contributed by atoms with Crippen LogP contribution in [0.4, 0.5) is 5.82 Å². The molecule has 5 nitrogen and oxygen atoms in total. The van der Waals surface area contributed by atoms with Crippen molar-refractivity contribution in [2.45, 2.75) is 6.04 Å². The second kappa shape index (κ2) is 4.06. The van der Waals surface area contributed by atoms with Crippen molar-refractivity contribution < 1.29 is 14.7 Å². The van der Waals surface area contributed by atoms with Gasteiger partial charge in [0, 0.05) is 10.9 Å². The lowest BCUT2D eigenvalue weighted by Gasteiger charge is -2.06. The number of aromatic nitrogens is 1. The van der Waals surface area contributed by atoms with Gasteiger partial charge in [0.2, 0.25) is 0 Å². The first-order valence-corrected chi connectivity index (χ1v) is 4.73. The molecule has 1 aromatic heterocycles. The number of hydrogen-bond acceptors (Lipinski definition) is 3. The van der Waals surface area contributed by atoms with Crippen LogP contribution in [0.2, 0.25) is 0 Å². The number of carbonyl (C=O) groups excluding carboxylic acids is 1. The summed E-state index contributed by atoms with van der Waals surface area (Å²) in [6, 6.07) is 8.05. The lowest BCUT2D eigenvalue weighted by Crippen LogP contribution is -2.30. The van der Waals surface area contributed by atoms with E-state index in [0.29, 0.717) is 12.1 Å². The topological polar surface area (TPSA) is 82.2 Å². The molecule has 3 N–H and O–H groups in total. The number of H-pyrrole nitrogens is 1. The molecule has 2 aromatic rings. The highest BCUT2D eigenvalue weighted by atomic mass is 16.4. The lowest BCUT2D eigenvalue weighted by molar-refractivity contribution is -0.139. The largest absolute Gasteiger partial charge is 0.479 e. The van der Waals surface area contributed by atoms with E-state index < -0.39 is 12.0 Å². The molecule has 1 atom stereocenters. The fourth-order valence-corrected chi connectivity index (χ4v) is 1.47. The maximum absolute atomic E-state index is 10.6. The van der Waals surface area contributed by atoms with Crippen LogP contribution in [0.15, 0.2) is 30.3 Å². The van der Waals surface area contributed by atoms with Crippen LogP contribution in [0.5, 0.6) is 0 Å². The number of benzene rings is 1. The first kappa shape index (κ1) is 10.2. The Kier molecular flexibility index (Phi) is 2.59. The van der Waals surface area contributed by atoms with E-state index in [1.165, 1.54) is 0 Å². The smallest absolute Gasteiger partial charge is 0.333 e. The number of nitrogens with one attached hydrogen (secondary N) is 2. The van der Waals surface area contributed by atoms with Gasteiger partial charge >= 0.3 is 5.97 Å². The summed E-state index contributed by atoms with van der Waals surface area (Å²) in [5.41, 5.74) is 0.889. The molecule has 0 aliphatic heterocycles. The number of para-hydroxylation sites is 1. The highest BCUT2D eigenvalue weighted by Gasteiger charge is 2.16. The minimum absolute atomic E-state index is 0.355. The second-order valence-electron chi connectivity index (χ2n) is 3.37. The first-order valence-electron chi connectivity index (χ1n) is 4.73. The number of carboxylic acids is 1. The van der Waals surface area contributed by atoms with Gasteiger partial charge in [0.25, 0.3) is 0 Å². The Hall–Kier alpha value is -2.30. The van der Waals surface area contributed by atoms with Gasteiger partial charge in [-0.05, 0) is 12.1 Å². The fourth-order valence-electron chi connectivity index (χ4n) is 1.47. The lowest BCUT2D eigenvalue weighted by atomic mass is 10.2. The van der Waals surface area contributed by atoms with Crippen LogP contribution in [0.3, 0.4) is 0 Å². The maximum atomic E-state index is 10.6. The zero-order valence-electron chi connectivity index (χ0n) is 8.31. The minimum Gasteiger partial charge on any atom is -0.479 e. The number of anilines is 1. The van der Waals surface area contributed by atoms with Crippen LogP contribution < -0.4 is 5.32 Å². The Bertz CT molecular complexity index is 500. The van der Waals surface area contributed by atoms with Gasteiger partial charge in [-0.15, -0.1) is 0 Å². The number of carbonyl (C=O) groups is 2. The molecule has 0 bridgehead atoms. The van der Waals surface area contributed by atoms with Crippen LogP contribution in [0, 0.1) is 0 Å². The van der Waals surface area contributed by atoms with Crippen molar-refractivity contribution in [2.75, 3.05) is 5.32 Å². The van der Waals surface area contributed by atoms with E-state index in [9.17, 15) is 9.59 Å². The number of hydrogen-bond donors (Lipinski definition) is 3. The van der Waals surface area contributed by atoms with Crippen molar-refractivity contribution in [3.8, 4) is 0 Å². The quantitative estimate of drug-likeness (QED) is 0.532. The van der Waals surface area contributed by atoms with Gasteiger partial charge in [-0.2, -0.15) is 0 Å². The Labute approximate surface area is 91.1 Å². The van der Waals surface area contributed by atoms with Crippen molar-refractivity contribution in [2.24, 2.45) is 0 Å². The zero-order chi connectivity index (χ0) is 11.5. The molecule has 0 aliphatic carbocycles. The molecular formula is C11H10N2O3. The second-order valence-corrected chi connectivity index (χ2v) is 3.37. The van der Waals surface area contributed by atoms with Gasteiger partial charge in [0.05, 0.1) is 0 Å². The summed E-state index contributed by atoms with van der Waals surface area (Å²) >= 11 is 0. The van der Waals surface area contributed by atoms with Gasteiger partial charge < -0.3 is 20.2 Å². The number of aldehydes is 1. The Morgan fingerprint density at radius 2 is 2.19 bits per heavy atom. The summed E-state index contributed by atoms with van der Waals surface area (Å²) < 4.78 is 0. The monoisotopic (exact) mass is 218 g/mol. The molecule has 0 fully saturated rings. The molecule has 16 heavy (non-hydrogen) atoms. The Balaban J connectivity index is 2.27. The molecule has 0 aliphatic rings. The van der Waals surface area contributed by atoms with Gasteiger partial charge in [-0.25, -0.2) is 4.79 Å². The van der Waals surface area contributed by atoms with Gasteiger partial charge in [0.15, 0.2) is 12.3 Å². The fraction of sp³-hybridized carbons (Fsp3) is 0.0909. The van der Waals surface area contributed by atoms with Crippen LogP contribution in [0.1, 0.15) is 0 Å². The van der Waals surface area contributed by atoms with E-state index in [2.05, 4.69) is 10.3 Å². The highest BCUT2D eigenvalue weighted by molar-refractivity contribution is 5.95. The molecule has 0 spiro atoms. The molecule has 0 radical (unpaired) electrons. The standard InChI is InChI=1S/C11H10N2O3/c14-6-9(11(15)16)13-10-5-7-3-1-2-4-8(7)12-10/h1-6,9,12-13H,(H,15,16). The number of aliphatic carboxylic acids is 1. The molecule has 1 heterocycles. The van der Waals surface area contributed by atoms with Crippen molar-refractivity contribution in [1.82, 2.24) is 4.98 Å². The highest BCUT2D eigenvalue weighted by Crippen LogP contribution is 2.18. The maximum Gasteiger partial charge on any atom is 0.333 e. The molecule has 2 rings (SSSR count). The van der Waals surface area contributed by atoms with E-state index in [1.54, 1.807) is 6.07 Å². The van der Waals surface area contributed by atoms with E-state index in [4.69, 9.17) is 5.11 Å². The third-order valence-electron chi connectivity index (χ3n) is 2.24. The molecule has 0 saturated carbocycles. The van der Waals surface area contributed by atoms with Gasteiger partial charge in [-0.1, -0.05) is 18.2 Å². The third kappa shape index (κ3) is 1.88. The van der Waals surface area contributed by atoms with Crippen molar-refractivity contribution in [1.29, 1.82) is 0 Å². The van der Waals surface area contributed by atoms with Crippen LogP contribution in [-0.4, -0.2) is 28.4 Å². The van der Waals surface area contributed by atoms with Crippen LogP contribution in [0.25, 0.3) is 10.9 Å². The van der Waals surface area contributed by atoms with Gasteiger partial charge in [-0.3, -0.25) is 0 Å². The summed E-state index contributed by atoms with van der Waals surface area (Å²) in [7, 11) is 0. The zero-order valence-corrected chi connectivity index (χ0v) is 8.31. The molecule has 5 heteroatoms. The number of rotatable bonds is 4. The van der Waals surface area contributed by atoms with Crippen molar-refractivity contribution in [3.63, 3.8) is 0 Å². The predicted molar refractivity (Wildman–Crippen MR) is 59.4 cm³/mol. The SMILES string of the molecule is O=CC(Nc1cc2ccccc2[nH]1)C(=O)O. The summed E-state index contributed by atoms with van der Waals surface area (Å²) in [5, 5.41) is 12.3. The van der Waals surface area contributed by atoms with Crippen molar-refractivity contribution in [3.05, 3.63) is 30.3 Å². The van der Waals surface area contributed by atoms with Crippen molar-refractivity contribution >= 4 is 29.0 Å². The molecule has 82 valence electrons. The van der Waals surface area contributed by atoms with Crippen LogP contribution in [-0.2, 0) is 9.59 Å². The molecule has 1 unspecified atom stereocenters. The summed E-state index contributed by atoms with van der Waals surface area (Å²) in [5.74, 6) is -0.686. The summed E-state index contributed by atoms with van der Waals surface area (Å²) in [6.07, 6.45) is 0.355. The summed E-state index contributed by atoms with van der Waals surface area (Å²) in [6.45, 7) is 0. The minimum atomic E-state index is -1.23. The molecule has 1 aromatic carbocycles. The van der Waals surface area contributed by atoms with E-state index in [1.807, 2.05) is 24.3 Å². The molecule has 0 amide bonds. The molecular weight excluding hydrogens is 208 g/mol. The number of aromatic amines is 1. The number of fused-ring (bicyclic) bond motifs is 1. The van der Waals surface area contributed by atoms with Crippen LogP contribution >= 0.6 is 0 Å². The average molecular weight is 218 g/mol. The van der Waals surface area contributed by atoms with E-state index in [-0.39, 0.29) is 0 Å². The van der Waals surface area contributed by atoms with E-state index in [0.717, 1.165) is 10.9 Å². The normalized spacial score (nSPS) is 12.2. The Morgan fingerprint density at radius 1 is 1.44 bits per heavy atom. The van der Waals surface area contributed by atoms with E-state index >= 15 is 0 Å². The summed E-state index contributed by atoms with van der Waals surface area (Å²) in [4.78, 5) is 24.1. The Morgan fingerprint density at radius 3 is 2.81 bits per heavy atom.